The quantitative estimate of drug-likeness (QED) is 0.647. The summed E-state index contributed by atoms with van der Waals surface area (Å²) in [7, 11) is 2.02. The zero-order chi connectivity index (χ0) is 8.91. The van der Waals surface area contributed by atoms with Crippen LogP contribution in [0.15, 0.2) is 0 Å². The minimum absolute atomic E-state index is 0.511. The van der Waals surface area contributed by atoms with Gasteiger partial charge in [-0.3, -0.25) is 0 Å². The van der Waals surface area contributed by atoms with Crippen molar-refractivity contribution < 1.29 is 0 Å². The molecule has 0 unspecified atom stereocenters. The second-order valence-electron chi connectivity index (χ2n) is 4.62. The Hall–Kier alpha value is -0.0400. The summed E-state index contributed by atoms with van der Waals surface area (Å²) in [6, 6.07) is 0. The van der Waals surface area contributed by atoms with Crippen LogP contribution in [0.3, 0.4) is 0 Å². The van der Waals surface area contributed by atoms with Gasteiger partial charge < -0.3 is 5.32 Å². The molecule has 0 saturated heterocycles. The van der Waals surface area contributed by atoms with E-state index in [0.29, 0.717) is 5.41 Å². The highest BCUT2D eigenvalue weighted by Gasteiger charge is 2.17. The fourth-order valence-electron chi connectivity index (χ4n) is 1.67. The maximum absolute atomic E-state index is 3.20. The van der Waals surface area contributed by atoms with E-state index in [1.165, 1.54) is 12.8 Å². The van der Waals surface area contributed by atoms with Gasteiger partial charge in [0.05, 0.1) is 0 Å². The van der Waals surface area contributed by atoms with Gasteiger partial charge in [-0.2, -0.15) is 0 Å². The highest BCUT2D eigenvalue weighted by atomic mass is 14.8. The number of nitrogens with one attached hydrogen (secondary N) is 1. The lowest BCUT2D eigenvalue weighted by Gasteiger charge is -2.26. The highest BCUT2D eigenvalue weighted by Crippen LogP contribution is 2.28. The normalized spacial score (nSPS) is 12.5. The Morgan fingerprint density at radius 3 is 2.18 bits per heavy atom. The summed E-state index contributed by atoms with van der Waals surface area (Å²) in [5.74, 6) is 0.821. The van der Waals surface area contributed by atoms with Gasteiger partial charge in [0.2, 0.25) is 0 Å². The molecule has 1 N–H and O–H groups in total. The second kappa shape index (κ2) is 4.76. The Morgan fingerprint density at radius 1 is 1.27 bits per heavy atom. The Bertz CT molecular complexity index is 95.0. The summed E-state index contributed by atoms with van der Waals surface area (Å²) >= 11 is 0. The highest BCUT2D eigenvalue weighted by molar-refractivity contribution is 4.70. The van der Waals surface area contributed by atoms with E-state index < -0.39 is 0 Å². The van der Waals surface area contributed by atoms with E-state index in [2.05, 4.69) is 33.0 Å². The van der Waals surface area contributed by atoms with E-state index >= 15 is 0 Å². The standard InChI is InChI=1S/C10H23N/c1-9(2)8-10(3,4)6-7-11-5/h9,11H,6-8H2,1-5H3. The van der Waals surface area contributed by atoms with Crippen molar-refractivity contribution in [1.29, 1.82) is 0 Å². The van der Waals surface area contributed by atoms with Crippen LogP contribution >= 0.6 is 0 Å². The molecule has 0 aromatic carbocycles. The Labute approximate surface area is 71.6 Å². The summed E-state index contributed by atoms with van der Waals surface area (Å²) in [5.41, 5.74) is 0.511. The molecule has 0 aromatic heterocycles. The fourth-order valence-corrected chi connectivity index (χ4v) is 1.67. The maximum atomic E-state index is 3.20. The van der Waals surface area contributed by atoms with Gasteiger partial charge in [0.1, 0.15) is 0 Å². The molecule has 1 nitrogen and oxygen atoms in total. The molecule has 0 amide bonds. The summed E-state index contributed by atoms with van der Waals surface area (Å²) < 4.78 is 0. The molecule has 0 radical (unpaired) electrons. The zero-order valence-electron chi connectivity index (χ0n) is 8.70. The van der Waals surface area contributed by atoms with Crippen LogP contribution in [0.1, 0.15) is 40.5 Å². The van der Waals surface area contributed by atoms with Crippen molar-refractivity contribution in [2.75, 3.05) is 13.6 Å². The third-order valence-electron chi connectivity index (χ3n) is 2.01. The number of rotatable bonds is 5. The van der Waals surface area contributed by atoms with Crippen LogP contribution in [0.2, 0.25) is 0 Å². The predicted octanol–water partition coefficient (Wildman–Crippen LogP) is 2.67. The molecule has 1 heteroatoms. The molecule has 68 valence electrons. The van der Waals surface area contributed by atoms with Crippen molar-refractivity contribution in [2.24, 2.45) is 11.3 Å². The van der Waals surface area contributed by atoms with Crippen LogP contribution in [0.5, 0.6) is 0 Å². The van der Waals surface area contributed by atoms with Crippen LogP contribution in [0, 0.1) is 11.3 Å². The molecule has 0 spiro atoms. The second-order valence-corrected chi connectivity index (χ2v) is 4.62. The predicted molar refractivity (Wildman–Crippen MR) is 51.8 cm³/mol. The molecule has 0 aromatic rings. The first kappa shape index (κ1) is 11.0. The molecule has 0 aliphatic rings. The van der Waals surface area contributed by atoms with Crippen LogP contribution in [0.4, 0.5) is 0 Å². The van der Waals surface area contributed by atoms with Gasteiger partial charge in [0, 0.05) is 0 Å². The Kier molecular flexibility index (Phi) is 4.74. The molecule has 0 atom stereocenters. The van der Waals surface area contributed by atoms with Gasteiger partial charge in [-0.25, -0.2) is 0 Å². The smallest absolute Gasteiger partial charge is 0.00468 e. The fraction of sp³-hybridized carbons (Fsp3) is 1.00. The van der Waals surface area contributed by atoms with E-state index in [4.69, 9.17) is 0 Å². The van der Waals surface area contributed by atoms with Crippen LogP contribution < -0.4 is 5.32 Å². The summed E-state index contributed by atoms with van der Waals surface area (Å²) in [6.45, 7) is 10.4. The molecule has 0 bridgehead atoms. The monoisotopic (exact) mass is 157 g/mol. The van der Waals surface area contributed by atoms with Gasteiger partial charge in [-0.1, -0.05) is 27.7 Å². The van der Waals surface area contributed by atoms with Gasteiger partial charge in [0.25, 0.3) is 0 Å². The van der Waals surface area contributed by atoms with E-state index in [9.17, 15) is 0 Å². The van der Waals surface area contributed by atoms with Gasteiger partial charge in [-0.05, 0) is 37.8 Å². The minimum Gasteiger partial charge on any atom is -0.320 e. The third-order valence-corrected chi connectivity index (χ3v) is 2.01. The summed E-state index contributed by atoms with van der Waals surface area (Å²) in [5, 5.41) is 3.20. The summed E-state index contributed by atoms with van der Waals surface area (Å²) in [6.07, 6.45) is 2.61. The molecule has 11 heavy (non-hydrogen) atoms. The molecular weight excluding hydrogens is 134 g/mol. The van der Waals surface area contributed by atoms with Crippen molar-refractivity contribution in [3.05, 3.63) is 0 Å². The van der Waals surface area contributed by atoms with E-state index in [1.807, 2.05) is 7.05 Å². The van der Waals surface area contributed by atoms with Gasteiger partial charge >= 0.3 is 0 Å². The number of hydrogen-bond donors (Lipinski definition) is 1. The van der Waals surface area contributed by atoms with Crippen molar-refractivity contribution in [3.63, 3.8) is 0 Å². The lowest BCUT2D eigenvalue weighted by molar-refractivity contribution is 0.265. The van der Waals surface area contributed by atoms with Crippen molar-refractivity contribution in [2.45, 2.75) is 40.5 Å². The first-order valence-electron chi connectivity index (χ1n) is 4.62. The molecule has 0 aliphatic carbocycles. The van der Waals surface area contributed by atoms with Crippen molar-refractivity contribution >= 4 is 0 Å². The first-order chi connectivity index (χ1) is 4.98. The molecule has 0 heterocycles. The molecule has 0 aliphatic heterocycles. The Morgan fingerprint density at radius 2 is 1.82 bits per heavy atom. The van der Waals surface area contributed by atoms with Gasteiger partial charge in [-0.15, -0.1) is 0 Å². The lowest BCUT2D eigenvalue weighted by Crippen LogP contribution is -2.21. The number of hydrogen-bond acceptors (Lipinski definition) is 1. The molecular formula is C10H23N. The average molecular weight is 157 g/mol. The van der Waals surface area contributed by atoms with Crippen LogP contribution in [0.25, 0.3) is 0 Å². The lowest BCUT2D eigenvalue weighted by atomic mass is 9.81. The topological polar surface area (TPSA) is 12.0 Å². The molecule has 0 saturated carbocycles. The van der Waals surface area contributed by atoms with E-state index in [0.717, 1.165) is 12.5 Å². The van der Waals surface area contributed by atoms with Gasteiger partial charge in [0.15, 0.2) is 0 Å². The first-order valence-corrected chi connectivity index (χ1v) is 4.62. The molecule has 0 rings (SSSR count). The average Bonchev–Trinajstić information content (AvgIpc) is 1.81. The zero-order valence-corrected chi connectivity index (χ0v) is 8.70. The van der Waals surface area contributed by atoms with Crippen molar-refractivity contribution in [3.8, 4) is 0 Å². The Balaban J connectivity index is 3.61. The van der Waals surface area contributed by atoms with Crippen LogP contribution in [-0.4, -0.2) is 13.6 Å². The SMILES string of the molecule is CNCCC(C)(C)CC(C)C. The largest absolute Gasteiger partial charge is 0.320 e. The summed E-state index contributed by atoms with van der Waals surface area (Å²) in [4.78, 5) is 0. The van der Waals surface area contributed by atoms with E-state index in [1.54, 1.807) is 0 Å². The van der Waals surface area contributed by atoms with Crippen molar-refractivity contribution in [1.82, 2.24) is 5.32 Å². The van der Waals surface area contributed by atoms with E-state index in [-0.39, 0.29) is 0 Å². The molecule has 0 fully saturated rings. The maximum Gasteiger partial charge on any atom is -0.00468 e. The third kappa shape index (κ3) is 6.36. The van der Waals surface area contributed by atoms with Crippen LogP contribution in [-0.2, 0) is 0 Å². The minimum atomic E-state index is 0.511.